The van der Waals surface area contributed by atoms with Gasteiger partial charge in [-0.2, -0.15) is 0 Å². The molecule has 4 atom stereocenters. The third-order valence-corrected chi connectivity index (χ3v) is 2.71. The molecule has 0 amide bonds. The molecule has 2 aliphatic rings. The predicted octanol–water partition coefficient (Wildman–Crippen LogP) is 1.28. The summed E-state index contributed by atoms with van der Waals surface area (Å²) in [6.45, 7) is 5.73. The van der Waals surface area contributed by atoms with Gasteiger partial charge in [-0.1, -0.05) is 26.0 Å². The largest absolute Gasteiger partial charge is 0.376 e. The van der Waals surface area contributed by atoms with E-state index in [0.717, 1.165) is 5.92 Å². The van der Waals surface area contributed by atoms with Crippen LogP contribution in [-0.2, 0) is 4.74 Å². The SMILES string of the molecule is CO[C@@H]1C=CC2[C@H]1N2CC(C)C. The molecule has 0 saturated carbocycles. The molecule has 0 bridgehead atoms. The molecule has 2 heteroatoms. The van der Waals surface area contributed by atoms with Crippen LogP contribution in [0.2, 0.25) is 0 Å². The Morgan fingerprint density at radius 1 is 1.42 bits per heavy atom. The molecule has 0 aromatic rings. The first kappa shape index (κ1) is 8.27. The molecular formula is C10H17NO. The van der Waals surface area contributed by atoms with Crippen molar-refractivity contribution >= 4 is 0 Å². The summed E-state index contributed by atoms with van der Waals surface area (Å²) >= 11 is 0. The second-order valence-corrected chi connectivity index (χ2v) is 4.16. The van der Waals surface area contributed by atoms with Gasteiger partial charge in [-0.3, -0.25) is 4.90 Å². The average Bonchev–Trinajstić information content (AvgIpc) is 2.56. The summed E-state index contributed by atoms with van der Waals surface area (Å²) in [5.74, 6) is 0.765. The van der Waals surface area contributed by atoms with Gasteiger partial charge in [0, 0.05) is 19.7 Å². The molecule has 2 rings (SSSR count). The Morgan fingerprint density at radius 2 is 2.17 bits per heavy atom. The summed E-state index contributed by atoms with van der Waals surface area (Å²) in [5.41, 5.74) is 0. The molecular weight excluding hydrogens is 150 g/mol. The third-order valence-electron chi connectivity index (χ3n) is 2.71. The van der Waals surface area contributed by atoms with Crippen molar-refractivity contribution in [1.82, 2.24) is 4.90 Å². The van der Waals surface area contributed by atoms with Crippen LogP contribution in [0.4, 0.5) is 0 Å². The van der Waals surface area contributed by atoms with Crippen molar-refractivity contribution in [3.8, 4) is 0 Å². The minimum atomic E-state index is 0.355. The van der Waals surface area contributed by atoms with Gasteiger partial charge in [0.15, 0.2) is 0 Å². The molecule has 68 valence electrons. The van der Waals surface area contributed by atoms with Crippen molar-refractivity contribution in [3.05, 3.63) is 12.2 Å². The fraction of sp³-hybridized carbons (Fsp3) is 0.800. The Hall–Kier alpha value is -0.340. The lowest BCUT2D eigenvalue weighted by molar-refractivity contribution is 0.127. The first-order chi connectivity index (χ1) is 5.74. The first-order valence-corrected chi connectivity index (χ1v) is 4.71. The minimum Gasteiger partial charge on any atom is -0.376 e. The number of ether oxygens (including phenoxy) is 1. The monoisotopic (exact) mass is 167 g/mol. The van der Waals surface area contributed by atoms with Gasteiger partial charge in [0.25, 0.3) is 0 Å². The normalized spacial score (nSPS) is 43.7. The van der Waals surface area contributed by atoms with Crippen molar-refractivity contribution in [2.75, 3.05) is 13.7 Å². The number of hydrogen-bond donors (Lipinski definition) is 0. The number of rotatable bonds is 3. The van der Waals surface area contributed by atoms with Crippen LogP contribution in [0.1, 0.15) is 13.8 Å². The van der Waals surface area contributed by atoms with Gasteiger partial charge in [-0.25, -0.2) is 0 Å². The molecule has 2 nitrogen and oxygen atoms in total. The Labute approximate surface area is 74.2 Å². The van der Waals surface area contributed by atoms with Gasteiger partial charge in [0.1, 0.15) is 0 Å². The van der Waals surface area contributed by atoms with Gasteiger partial charge < -0.3 is 4.74 Å². The topological polar surface area (TPSA) is 12.2 Å². The highest BCUT2D eigenvalue weighted by molar-refractivity contribution is 5.27. The van der Waals surface area contributed by atoms with Crippen LogP contribution in [0, 0.1) is 5.92 Å². The summed E-state index contributed by atoms with van der Waals surface area (Å²) in [4.78, 5) is 2.51. The summed E-state index contributed by atoms with van der Waals surface area (Å²) in [5, 5.41) is 0. The molecule has 0 aromatic heterocycles. The molecule has 1 heterocycles. The fourth-order valence-corrected chi connectivity index (χ4v) is 2.15. The van der Waals surface area contributed by atoms with E-state index in [9.17, 15) is 0 Å². The van der Waals surface area contributed by atoms with E-state index in [1.165, 1.54) is 6.54 Å². The zero-order valence-corrected chi connectivity index (χ0v) is 8.03. The Kier molecular flexibility index (Phi) is 1.97. The van der Waals surface area contributed by atoms with E-state index in [1.54, 1.807) is 7.11 Å². The molecule has 0 radical (unpaired) electrons. The Bertz CT molecular complexity index is 200. The van der Waals surface area contributed by atoms with Crippen LogP contribution in [0.3, 0.4) is 0 Å². The van der Waals surface area contributed by atoms with Gasteiger partial charge >= 0.3 is 0 Å². The average molecular weight is 167 g/mol. The highest BCUT2D eigenvalue weighted by atomic mass is 16.5. The lowest BCUT2D eigenvalue weighted by atomic mass is 10.2. The van der Waals surface area contributed by atoms with E-state index in [0.29, 0.717) is 18.2 Å². The molecule has 2 unspecified atom stereocenters. The summed E-state index contributed by atoms with van der Waals surface area (Å²) in [6.07, 6.45) is 4.82. The smallest absolute Gasteiger partial charge is 0.0926 e. The van der Waals surface area contributed by atoms with Gasteiger partial charge in [0.05, 0.1) is 12.1 Å². The number of fused-ring (bicyclic) bond motifs is 1. The van der Waals surface area contributed by atoms with Crippen LogP contribution >= 0.6 is 0 Å². The second kappa shape index (κ2) is 2.86. The maximum absolute atomic E-state index is 5.35. The van der Waals surface area contributed by atoms with Crippen molar-refractivity contribution in [2.24, 2.45) is 5.92 Å². The van der Waals surface area contributed by atoms with E-state index in [4.69, 9.17) is 4.74 Å². The Morgan fingerprint density at radius 3 is 2.75 bits per heavy atom. The molecule has 1 fully saturated rings. The molecule has 1 aliphatic heterocycles. The predicted molar refractivity (Wildman–Crippen MR) is 49.1 cm³/mol. The molecule has 0 aromatic carbocycles. The van der Waals surface area contributed by atoms with Crippen molar-refractivity contribution in [1.29, 1.82) is 0 Å². The zero-order valence-electron chi connectivity index (χ0n) is 8.03. The van der Waals surface area contributed by atoms with Crippen LogP contribution in [0.25, 0.3) is 0 Å². The van der Waals surface area contributed by atoms with Gasteiger partial charge in [-0.15, -0.1) is 0 Å². The molecule has 0 N–H and O–H groups in total. The van der Waals surface area contributed by atoms with E-state index >= 15 is 0 Å². The molecule has 1 aliphatic carbocycles. The van der Waals surface area contributed by atoms with Crippen molar-refractivity contribution in [2.45, 2.75) is 32.0 Å². The maximum Gasteiger partial charge on any atom is 0.0926 e. The lowest BCUT2D eigenvalue weighted by Gasteiger charge is -2.12. The highest BCUT2D eigenvalue weighted by Gasteiger charge is 2.53. The molecule has 1 saturated heterocycles. The van der Waals surface area contributed by atoms with E-state index in [2.05, 4.69) is 30.9 Å². The molecule has 12 heavy (non-hydrogen) atoms. The van der Waals surface area contributed by atoms with Crippen LogP contribution < -0.4 is 0 Å². The standard InChI is InChI=1S/C10H17NO/c1-7(2)6-11-8-4-5-9(12-3)10(8)11/h4-5,7-10H,6H2,1-3H3/t8?,9-,10-,11?/m1/s1. The first-order valence-electron chi connectivity index (χ1n) is 4.71. The van der Waals surface area contributed by atoms with Crippen molar-refractivity contribution in [3.63, 3.8) is 0 Å². The Balaban J connectivity index is 1.89. The van der Waals surface area contributed by atoms with E-state index < -0.39 is 0 Å². The second-order valence-electron chi connectivity index (χ2n) is 4.16. The summed E-state index contributed by atoms with van der Waals surface area (Å²) in [6, 6.07) is 1.36. The highest BCUT2D eigenvalue weighted by Crippen LogP contribution is 2.39. The summed E-state index contributed by atoms with van der Waals surface area (Å²) in [7, 11) is 1.79. The minimum absolute atomic E-state index is 0.355. The van der Waals surface area contributed by atoms with Crippen LogP contribution in [0.5, 0.6) is 0 Å². The number of nitrogens with zero attached hydrogens (tertiary/aromatic N) is 1. The fourth-order valence-electron chi connectivity index (χ4n) is 2.15. The van der Waals surface area contributed by atoms with Crippen LogP contribution in [-0.4, -0.2) is 36.7 Å². The molecule has 0 spiro atoms. The number of hydrogen-bond acceptors (Lipinski definition) is 2. The van der Waals surface area contributed by atoms with Gasteiger partial charge in [-0.05, 0) is 5.92 Å². The number of methoxy groups -OCH3 is 1. The van der Waals surface area contributed by atoms with Gasteiger partial charge in [0.2, 0.25) is 0 Å². The van der Waals surface area contributed by atoms with E-state index in [-0.39, 0.29) is 0 Å². The maximum atomic E-state index is 5.35. The zero-order chi connectivity index (χ0) is 8.72. The summed E-state index contributed by atoms with van der Waals surface area (Å²) < 4.78 is 5.35. The lowest BCUT2D eigenvalue weighted by Crippen LogP contribution is -2.20. The third kappa shape index (κ3) is 1.19. The van der Waals surface area contributed by atoms with Crippen molar-refractivity contribution < 1.29 is 4.74 Å². The van der Waals surface area contributed by atoms with E-state index in [1.807, 2.05) is 0 Å². The quantitative estimate of drug-likeness (QED) is 0.463. The van der Waals surface area contributed by atoms with Crippen LogP contribution in [0.15, 0.2) is 12.2 Å².